The highest BCUT2D eigenvalue weighted by molar-refractivity contribution is 6.30. The summed E-state index contributed by atoms with van der Waals surface area (Å²) in [6, 6.07) is 7.34. The summed E-state index contributed by atoms with van der Waals surface area (Å²) in [7, 11) is 1.42. The third-order valence-electron chi connectivity index (χ3n) is 2.34. The van der Waals surface area contributed by atoms with E-state index in [2.05, 4.69) is 0 Å². The lowest BCUT2D eigenvalue weighted by Crippen LogP contribution is -2.13. The largest absolute Gasteiger partial charge is 0.469 e. The van der Waals surface area contributed by atoms with Crippen LogP contribution >= 0.6 is 11.6 Å². The molecule has 0 aromatic heterocycles. The van der Waals surface area contributed by atoms with E-state index in [1.54, 1.807) is 12.1 Å². The van der Waals surface area contributed by atoms with Gasteiger partial charge >= 0.3 is 5.97 Å². The zero-order valence-corrected chi connectivity index (χ0v) is 9.75. The van der Waals surface area contributed by atoms with Gasteiger partial charge in [-0.05, 0) is 24.1 Å². The maximum Gasteiger partial charge on any atom is 0.313 e. The lowest BCUT2D eigenvalue weighted by atomic mass is 9.95. The molecular formula is C12H15ClO2. The molecule has 82 valence electrons. The van der Waals surface area contributed by atoms with Crippen molar-refractivity contribution in [2.75, 3.05) is 7.11 Å². The molecule has 0 heterocycles. The molecule has 1 rings (SSSR count). The van der Waals surface area contributed by atoms with Crippen molar-refractivity contribution in [1.82, 2.24) is 0 Å². The Kier molecular flexibility index (Phi) is 4.63. The van der Waals surface area contributed by atoms with Gasteiger partial charge in [0, 0.05) is 5.02 Å². The molecule has 2 nitrogen and oxygen atoms in total. The number of carbonyl (C=O) groups excluding carboxylic acids is 1. The molecule has 0 saturated carbocycles. The third-order valence-corrected chi connectivity index (χ3v) is 2.59. The van der Waals surface area contributed by atoms with Gasteiger partial charge in [0.05, 0.1) is 13.0 Å². The van der Waals surface area contributed by atoms with E-state index in [0.717, 1.165) is 18.4 Å². The van der Waals surface area contributed by atoms with E-state index in [4.69, 9.17) is 16.3 Å². The number of methoxy groups -OCH3 is 1. The average molecular weight is 227 g/mol. The molecule has 0 aliphatic carbocycles. The first-order chi connectivity index (χ1) is 7.19. The predicted octanol–water partition coefficient (Wildman–Crippen LogP) is 3.40. The van der Waals surface area contributed by atoms with Gasteiger partial charge in [0.1, 0.15) is 0 Å². The lowest BCUT2D eigenvalue weighted by Gasteiger charge is -2.13. The molecule has 0 aliphatic rings. The molecular weight excluding hydrogens is 212 g/mol. The highest BCUT2D eigenvalue weighted by atomic mass is 35.5. The van der Waals surface area contributed by atoms with Gasteiger partial charge in [0.15, 0.2) is 0 Å². The summed E-state index contributed by atoms with van der Waals surface area (Å²) in [4.78, 5) is 11.5. The predicted molar refractivity (Wildman–Crippen MR) is 61.1 cm³/mol. The standard InChI is InChI=1S/C12H15ClO2/c1-3-4-11(12(14)15-2)9-5-7-10(13)8-6-9/h5-8,11H,3-4H2,1-2H3/t11-/m1/s1. The van der Waals surface area contributed by atoms with Crippen molar-refractivity contribution in [3.63, 3.8) is 0 Å². The van der Waals surface area contributed by atoms with Crippen LogP contribution in [0.5, 0.6) is 0 Å². The number of esters is 1. The van der Waals surface area contributed by atoms with Crippen LogP contribution in [0.4, 0.5) is 0 Å². The number of hydrogen-bond donors (Lipinski definition) is 0. The van der Waals surface area contributed by atoms with Crippen LogP contribution in [-0.2, 0) is 9.53 Å². The molecule has 1 aromatic carbocycles. The van der Waals surface area contributed by atoms with Crippen molar-refractivity contribution in [3.05, 3.63) is 34.9 Å². The maximum atomic E-state index is 11.5. The highest BCUT2D eigenvalue weighted by Gasteiger charge is 2.19. The van der Waals surface area contributed by atoms with Crippen molar-refractivity contribution in [3.8, 4) is 0 Å². The molecule has 0 bridgehead atoms. The van der Waals surface area contributed by atoms with Gasteiger partial charge in [-0.15, -0.1) is 0 Å². The summed E-state index contributed by atoms with van der Waals surface area (Å²) in [6.07, 6.45) is 1.75. The second-order valence-corrected chi connectivity index (χ2v) is 3.85. The van der Waals surface area contributed by atoms with Gasteiger partial charge in [0.2, 0.25) is 0 Å². The highest BCUT2D eigenvalue weighted by Crippen LogP contribution is 2.24. The fraction of sp³-hybridized carbons (Fsp3) is 0.417. The summed E-state index contributed by atoms with van der Waals surface area (Å²) in [5, 5.41) is 0.680. The molecule has 0 radical (unpaired) electrons. The van der Waals surface area contributed by atoms with E-state index in [1.807, 2.05) is 19.1 Å². The van der Waals surface area contributed by atoms with Gasteiger partial charge in [-0.25, -0.2) is 0 Å². The molecule has 0 fully saturated rings. The Morgan fingerprint density at radius 2 is 2.00 bits per heavy atom. The number of carbonyl (C=O) groups is 1. The fourth-order valence-electron chi connectivity index (χ4n) is 1.55. The van der Waals surface area contributed by atoms with Gasteiger partial charge in [-0.3, -0.25) is 4.79 Å². The average Bonchev–Trinajstić information content (AvgIpc) is 2.26. The molecule has 1 atom stereocenters. The Labute approximate surface area is 95.2 Å². The van der Waals surface area contributed by atoms with Crippen LogP contribution in [0.2, 0.25) is 5.02 Å². The number of hydrogen-bond acceptors (Lipinski definition) is 2. The number of rotatable bonds is 4. The van der Waals surface area contributed by atoms with E-state index in [-0.39, 0.29) is 11.9 Å². The molecule has 0 N–H and O–H groups in total. The molecule has 0 aliphatic heterocycles. The van der Waals surface area contributed by atoms with Gasteiger partial charge in [-0.1, -0.05) is 37.1 Å². The Morgan fingerprint density at radius 3 is 2.47 bits per heavy atom. The van der Waals surface area contributed by atoms with Gasteiger partial charge in [-0.2, -0.15) is 0 Å². The summed E-state index contributed by atoms with van der Waals surface area (Å²) >= 11 is 5.79. The molecule has 0 saturated heterocycles. The summed E-state index contributed by atoms with van der Waals surface area (Å²) in [5.74, 6) is -0.351. The van der Waals surface area contributed by atoms with Crippen LogP contribution < -0.4 is 0 Å². The topological polar surface area (TPSA) is 26.3 Å². The van der Waals surface area contributed by atoms with Crippen LogP contribution in [0.1, 0.15) is 31.2 Å². The Hall–Kier alpha value is -1.02. The van der Waals surface area contributed by atoms with Crippen LogP contribution in [0.3, 0.4) is 0 Å². The molecule has 15 heavy (non-hydrogen) atoms. The molecule has 1 aromatic rings. The van der Waals surface area contributed by atoms with E-state index >= 15 is 0 Å². The number of ether oxygens (including phenoxy) is 1. The monoisotopic (exact) mass is 226 g/mol. The summed E-state index contributed by atoms with van der Waals surface area (Å²) in [5.41, 5.74) is 0.966. The Bertz CT molecular complexity index is 319. The van der Waals surface area contributed by atoms with Crippen LogP contribution in [0, 0.1) is 0 Å². The third kappa shape index (κ3) is 3.24. The zero-order valence-electron chi connectivity index (χ0n) is 9.00. The van der Waals surface area contributed by atoms with E-state index in [1.165, 1.54) is 7.11 Å². The normalized spacial score (nSPS) is 12.2. The first kappa shape index (κ1) is 12.1. The van der Waals surface area contributed by atoms with Crippen molar-refractivity contribution in [1.29, 1.82) is 0 Å². The van der Waals surface area contributed by atoms with Crippen molar-refractivity contribution < 1.29 is 9.53 Å². The zero-order chi connectivity index (χ0) is 11.3. The molecule has 0 unspecified atom stereocenters. The van der Waals surface area contributed by atoms with E-state index < -0.39 is 0 Å². The minimum absolute atomic E-state index is 0.169. The Balaban J connectivity index is 2.88. The molecule has 0 spiro atoms. The van der Waals surface area contributed by atoms with Gasteiger partial charge in [0.25, 0.3) is 0 Å². The van der Waals surface area contributed by atoms with Crippen LogP contribution in [-0.4, -0.2) is 13.1 Å². The smallest absolute Gasteiger partial charge is 0.313 e. The first-order valence-electron chi connectivity index (χ1n) is 5.02. The number of benzene rings is 1. The fourth-order valence-corrected chi connectivity index (χ4v) is 1.67. The quantitative estimate of drug-likeness (QED) is 0.736. The van der Waals surface area contributed by atoms with Crippen LogP contribution in [0.15, 0.2) is 24.3 Å². The second-order valence-electron chi connectivity index (χ2n) is 3.42. The van der Waals surface area contributed by atoms with E-state index in [0.29, 0.717) is 5.02 Å². The maximum absolute atomic E-state index is 11.5. The minimum Gasteiger partial charge on any atom is -0.469 e. The van der Waals surface area contributed by atoms with Crippen LogP contribution in [0.25, 0.3) is 0 Å². The Morgan fingerprint density at radius 1 is 1.40 bits per heavy atom. The summed E-state index contributed by atoms with van der Waals surface area (Å²) in [6.45, 7) is 2.05. The first-order valence-corrected chi connectivity index (χ1v) is 5.40. The molecule has 3 heteroatoms. The summed E-state index contributed by atoms with van der Waals surface area (Å²) < 4.78 is 4.78. The van der Waals surface area contributed by atoms with Gasteiger partial charge < -0.3 is 4.74 Å². The van der Waals surface area contributed by atoms with Crippen molar-refractivity contribution in [2.45, 2.75) is 25.7 Å². The lowest BCUT2D eigenvalue weighted by molar-refractivity contribution is -0.142. The van der Waals surface area contributed by atoms with Crippen molar-refractivity contribution in [2.24, 2.45) is 0 Å². The number of halogens is 1. The minimum atomic E-state index is -0.181. The second kappa shape index (κ2) is 5.76. The van der Waals surface area contributed by atoms with E-state index in [9.17, 15) is 4.79 Å². The molecule has 0 amide bonds. The van der Waals surface area contributed by atoms with Crippen molar-refractivity contribution >= 4 is 17.6 Å². The SMILES string of the molecule is CCC[C@@H](C(=O)OC)c1ccc(Cl)cc1.